The fraction of sp³-hybridized carbons (Fsp3) is 0.222. The Morgan fingerprint density at radius 1 is 1.20 bits per heavy atom. The van der Waals surface area contributed by atoms with Gasteiger partial charge in [0, 0.05) is 17.0 Å². The number of hydrazone groups is 1. The first-order chi connectivity index (χ1) is 12.1. The van der Waals surface area contributed by atoms with E-state index in [2.05, 4.69) is 21.0 Å². The largest absolute Gasteiger partial charge is 0.493 e. The van der Waals surface area contributed by atoms with Crippen molar-refractivity contribution in [3.63, 3.8) is 0 Å². The van der Waals surface area contributed by atoms with Gasteiger partial charge in [-0.3, -0.25) is 4.79 Å². The summed E-state index contributed by atoms with van der Waals surface area (Å²) in [7, 11) is 1.57. The first-order valence-corrected chi connectivity index (χ1v) is 8.44. The molecule has 0 aliphatic carbocycles. The SMILES string of the molecule is COc1ccccc1OCC1OC(c2ccc(Br)cc2)=NN1C(C)=O. The Hall–Kier alpha value is -2.54. The van der Waals surface area contributed by atoms with Gasteiger partial charge >= 0.3 is 0 Å². The van der Waals surface area contributed by atoms with E-state index in [1.54, 1.807) is 19.2 Å². The van der Waals surface area contributed by atoms with Crippen molar-refractivity contribution in [2.75, 3.05) is 13.7 Å². The van der Waals surface area contributed by atoms with Gasteiger partial charge in [-0.05, 0) is 36.4 Å². The van der Waals surface area contributed by atoms with Gasteiger partial charge in [-0.2, -0.15) is 5.01 Å². The lowest BCUT2D eigenvalue weighted by Crippen LogP contribution is -2.36. The molecule has 1 atom stereocenters. The molecule has 0 fully saturated rings. The topological polar surface area (TPSA) is 60.4 Å². The van der Waals surface area contributed by atoms with Crippen LogP contribution in [-0.4, -0.2) is 36.8 Å². The van der Waals surface area contributed by atoms with Gasteiger partial charge < -0.3 is 14.2 Å². The number of para-hydroxylation sites is 2. The Balaban J connectivity index is 1.73. The average Bonchev–Trinajstić information content (AvgIpc) is 3.05. The van der Waals surface area contributed by atoms with Gasteiger partial charge in [0.25, 0.3) is 0 Å². The lowest BCUT2D eigenvalue weighted by Gasteiger charge is -2.20. The van der Waals surface area contributed by atoms with Crippen LogP contribution < -0.4 is 9.47 Å². The number of carbonyl (C=O) groups is 1. The van der Waals surface area contributed by atoms with Gasteiger partial charge in [-0.15, -0.1) is 5.10 Å². The molecular formula is C18H17BrN2O4. The number of rotatable bonds is 5. The van der Waals surface area contributed by atoms with Crippen LogP contribution in [0.1, 0.15) is 12.5 Å². The van der Waals surface area contributed by atoms with E-state index >= 15 is 0 Å². The molecule has 25 heavy (non-hydrogen) atoms. The van der Waals surface area contributed by atoms with Gasteiger partial charge in [0.15, 0.2) is 11.5 Å². The highest BCUT2D eigenvalue weighted by molar-refractivity contribution is 9.10. The second-order valence-corrected chi connectivity index (χ2v) is 6.23. The number of hydrogen-bond donors (Lipinski definition) is 0. The number of hydrogen-bond acceptors (Lipinski definition) is 5. The van der Waals surface area contributed by atoms with Crippen LogP contribution in [0.3, 0.4) is 0 Å². The summed E-state index contributed by atoms with van der Waals surface area (Å²) >= 11 is 3.39. The summed E-state index contributed by atoms with van der Waals surface area (Å²) in [4.78, 5) is 11.9. The smallest absolute Gasteiger partial charge is 0.243 e. The molecule has 1 unspecified atom stereocenters. The summed E-state index contributed by atoms with van der Waals surface area (Å²) in [6.07, 6.45) is -0.638. The number of halogens is 1. The molecule has 2 aromatic carbocycles. The third kappa shape index (κ3) is 3.93. The van der Waals surface area contributed by atoms with Crippen LogP contribution in [0.2, 0.25) is 0 Å². The highest BCUT2D eigenvalue weighted by Crippen LogP contribution is 2.27. The summed E-state index contributed by atoms with van der Waals surface area (Å²) in [5, 5.41) is 5.56. The predicted molar refractivity (Wildman–Crippen MR) is 96.6 cm³/mol. The summed E-state index contributed by atoms with van der Waals surface area (Å²) in [6, 6.07) is 14.8. The maximum Gasteiger partial charge on any atom is 0.243 e. The minimum Gasteiger partial charge on any atom is -0.493 e. The van der Waals surface area contributed by atoms with Crippen LogP contribution in [0.25, 0.3) is 0 Å². The van der Waals surface area contributed by atoms with Crippen LogP contribution in [0.5, 0.6) is 11.5 Å². The summed E-state index contributed by atoms with van der Waals surface area (Å²) in [6.45, 7) is 1.57. The number of carbonyl (C=O) groups excluding carboxylic acids is 1. The lowest BCUT2D eigenvalue weighted by molar-refractivity contribution is -0.136. The number of nitrogens with zero attached hydrogens (tertiary/aromatic N) is 2. The van der Waals surface area contributed by atoms with E-state index < -0.39 is 6.23 Å². The molecule has 1 aliphatic rings. The van der Waals surface area contributed by atoms with E-state index in [1.165, 1.54) is 11.9 Å². The molecule has 0 bridgehead atoms. The van der Waals surface area contributed by atoms with Crippen LogP contribution >= 0.6 is 15.9 Å². The molecule has 0 aromatic heterocycles. The Morgan fingerprint density at radius 2 is 1.88 bits per heavy atom. The lowest BCUT2D eigenvalue weighted by atomic mass is 10.2. The molecule has 1 amide bonds. The fourth-order valence-corrected chi connectivity index (χ4v) is 2.62. The maximum atomic E-state index is 11.9. The van der Waals surface area contributed by atoms with Crippen molar-refractivity contribution in [3.8, 4) is 11.5 Å². The van der Waals surface area contributed by atoms with Gasteiger partial charge in [0.1, 0.15) is 6.61 Å². The Kier molecular flexibility index (Phi) is 5.23. The first kappa shape index (κ1) is 17.3. The zero-order valence-corrected chi connectivity index (χ0v) is 15.4. The predicted octanol–water partition coefficient (Wildman–Crippen LogP) is 3.40. The second-order valence-electron chi connectivity index (χ2n) is 5.31. The van der Waals surface area contributed by atoms with Gasteiger partial charge in [-0.25, -0.2) is 0 Å². The Labute approximate surface area is 154 Å². The third-order valence-electron chi connectivity index (χ3n) is 3.58. The molecule has 6 nitrogen and oxygen atoms in total. The van der Waals surface area contributed by atoms with E-state index in [-0.39, 0.29) is 12.5 Å². The summed E-state index contributed by atoms with van der Waals surface area (Å²) in [5.74, 6) is 1.36. The monoisotopic (exact) mass is 404 g/mol. The first-order valence-electron chi connectivity index (χ1n) is 7.65. The molecule has 130 valence electrons. The standard InChI is InChI=1S/C18H17BrN2O4/c1-12(22)21-17(11-24-16-6-4-3-5-15(16)23-2)25-18(20-21)13-7-9-14(19)10-8-13/h3-10,17H,11H2,1-2H3. The normalized spacial score (nSPS) is 16.2. The number of methoxy groups -OCH3 is 1. The van der Waals surface area contributed by atoms with Gasteiger partial charge in [0.2, 0.25) is 18.0 Å². The van der Waals surface area contributed by atoms with Crippen molar-refractivity contribution in [2.45, 2.75) is 13.2 Å². The molecule has 1 aliphatic heterocycles. The second kappa shape index (κ2) is 7.57. The highest BCUT2D eigenvalue weighted by Gasteiger charge is 2.32. The molecule has 0 saturated heterocycles. The van der Waals surface area contributed by atoms with E-state index in [4.69, 9.17) is 14.2 Å². The van der Waals surface area contributed by atoms with Crippen LogP contribution in [0, 0.1) is 0 Å². The Bertz CT molecular complexity index is 792. The van der Waals surface area contributed by atoms with Crippen LogP contribution in [-0.2, 0) is 9.53 Å². The molecular weight excluding hydrogens is 388 g/mol. The van der Waals surface area contributed by atoms with Crippen LogP contribution in [0.15, 0.2) is 58.1 Å². The van der Waals surface area contributed by atoms with E-state index in [1.807, 2.05) is 36.4 Å². The maximum absolute atomic E-state index is 11.9. The molecule has 1 heterocycles. The summed E-state index contributed by atoms with van der Waals surface area (Å²) in [5.41, 5.74) is 0.786. The number of amides is 1. The molecule has 0 radical (unpaired) electrons. The third-order valence-corrected chi connectivity index (χ3v) is 4.11. The molecule has 0 N–H and O–H groups in total. The van der Waals surface area contributed by atoms with Gasteiger partial charge in [0.05, 0.1) is 7.11 Å². The Morgan fingerprint density at radius 3 is 2.52 bits per heavy atom. The molecule has 3 rings (SSSR count). The average molecular weight is 405 g/mol. The molecule has 0 saturated carbocycles. The van der Waals surface area contributed by atoms with Crippen LogP contribution in [0.4, 0.5) is 0 Å². The van der Waals surface area contributed by atoms with E-state index in [9.17, 15) is 4.79 Å². The highest BCUT2D eigenvalue weighted by atomic mass is 79.9. The van der Waals surface area contributed by atoms with Crippen molar-refractivity contribution in [1.29, 1.82) is 0 Å². The number of benzene rings is 2. The van der Waals surface area contributed by atoms with Crippen molar-refractivity contribution < 1.29 is 19.0 Å². The van der Waals surface area contributed by atoms with Crippen molar-refractivity contribution in [3.05, 3.63) is 58.6 Å². The minimum atomic E-state index is -0.638. The van der Waals surface area contributed by atoms with E-state index in [0.29, 0.717) is 17.4 Å². The summed E-state index contributed by atoms with van der Waals surface area (Å²) < 4.78 is 17.8. The van der Waals surface area contributed by atoms with Gasteiger partial charge in [-0.1, -0.05) is 28.1 Å². The molecule has 7 heteroatoms. The van der Waals surface area contributed by atoms with Crippen molar-refractivity contribution >= 4 is 27.7 Å². The fourth-order valence-electron chi connectivity index (χ4n) is 2.36. The van der Waals surface area contributed by atoms with Crippen molar-refractivity contribution in [2.24, 2.45) is 5.10 Å². The van der Waals surface area contributed by atoms with E-state index in [0.717, 1.165) is 10.0 Å². The molecule has 2 aromatic rings. The zero-order chi connectivity index (χ0) is 17.8. The van der Waals surface area contributed by atoms with Crippen molar-refractivity contribution in [1.82, 2.24) is 5.01 Å². The molecule has 0 spiro atoms. The quantitative estimate of drug-likeness (QED) is 0.765. The number of ether oxygens (including phenoxy) is 3. The zero-order valence-electron chi connectivity index (χ0n) is 13.8. The minimum absolute atomic E-state index is 0.128.